The summed E-state index contributed by atoms with van der Waals surface area (Å²) in [6, 6.07) is 28.4. The van der Waals surface area contributed by atoms with Gasteiger partial charge in [-0.15, -0.1) is 0 Å². The molecule has 1 saturated heterocycles. The maximum Gasteiger partial charge on any atom is 0.325 e. The van der Waals surface area contributed by atoms with Crippen molar-refractivity contribution >= 4 is 17.8 Å². The second-order valence-corrected chi connectivity index (χ2v) is 8.13. The Balaban J connectivity index is 1.31. The van der Waals surface area contributed by atoms with Gasteiger partial charge < -0.3 is 10.6 Å². The highest BCUT2D eigenvalue weighted by Crippen LogP contribution is 2.27. The van der Waals surface area contributed by atoms with Gasteiger partial charge in [0.1, 0.15) is 6.04 Å². The number of rotatable bonds is 9. The first-order valence-corrected chi connectivity index (χ1v) is 11.1. The Morgan fingerprint density at radius 3 is 1.97 bits per heavy atom. The number of nitrogens with zero attached hydrogens (tertiary/aromatic N) is 1. The van der Waals surface area contributed by atoms with E-state index in [4.69, 9.17) is 0 Å². The quantitative estimate of drug-likeness (QED) is 0.496. The highest BCUT2D eigenvalue weighted by molar-refractivity contribution is 6.05. The van der Waals surface area contributed by atoms with E-state index in [1.54, 1.807) is 0 Å². The molecule has 0 radical (unpaired) electrons. The SMILES string of the molecule is O=C(CC1NC(=O)N(Cc2ccccc2)C1=O)NCCC(c1ccccc1)c1ccccc1. The van der Waals surface area contributed by atoms with Crippen molar-refractivity contribution in [3.8, 4) is 0 Å². The van der Waals surface area contributed by atoms with E-state index >= 15 is 0 Å². The molecule has 1 unspecified atom stereocenters. The van der Waals surface area contributed by atoms with E-state index in [0.29, 0.717) is 6.54 Å². The Morgan fingerprint density at radius 1 is 0.848 bits per heavy atom. The zero-order chi connectivity index (χ0) is 23.0. The monoisotopic (exact) mass is 441 g/mol. The molecule has 1 fully saturated rings. The third kappa shape index (κ3) is 5.66. The zero-order valence-electron chi connectivity index (χ0n) is 18.3. The maximum atomic E-state index is 12.7. The van der Waals surface area contributed by atoms with Crippen molar-refractivity contribution in [2.45, 2.75) is 31.3 Å². The molecule has 6 nitrogen and oxygen atoms in total. The molecule has 1 heterocycles. The fourth-order valence-corrected chi connectivity index (χ4v) is 4.14. The summed E-state index contributed by atoms with van der Waals surface area (Å²) in [5, 5.41) is 5.55. The predicted molar refractivity (Wildman–Crippen MR) is 126 cm³/mol. The Hall–Kier alpha value is -3.93. The summed E-state index contributed by atoms with van der Waals surface area (Å²) in [6.45, 7) is 0.662. The summed E-state index contributed by atoms with van der Waals surface area (Å²) in [4.78, 5) is 38.6. The number of benzene rings is 3. The molecular weight excluding hydrogens is 414 g/mol. The normalized spacial score (nSPS) is 15.5. The minimum atomic E-state index is -0.833. The van der Waals surface area contributed by atoms with E-state index in [2.05, 4.69) is 34.9 Å². The van der Waals surface area contributed by atoms with E-state index in [1.165, 1.54) is 11.1 Å². The maximum absolute atomic E-state index is 12.7. The molecule has 0 saturated carbocycles. The van der Waals surface area contributed by atoms with E-state index in [1.807, 2.05) is 66.7 Å². The van der Waals surface area contributed by atoms with Gasteiger partial charge in [-0.2, -0.15) is 0 Å². The minimum Gasteiger partial charge on any atom is -0.356 e. The number of hydrogen-bond acceptors (Lipinski definition) is 3. The van der Waals surface area contributed by atoms with Crippen LogP contribution in [0.4, 0.5) is 4.79 Å². The summed E-state index contributed by atoms with van der Waals surface area (Å²) < 4.78 is 0. The third-order valence-electron chi connectivity index (χ3n) is 5.84. The molecule has 1 aliphatic heterocycles. The molecular formula is C27H27N3O3. The summed E-state index contributed by atoms with van der Waals surface area (Å²) in [5.74, 6) is -0.470. The Labute approximate surface area is 193 Å². The lowest BCUT2D eigenvalue weighted by atomic mass is 9.88. The minimum absolute atomic E-state index is 0.0722. The second-order valence-electron chi connectivity index (χ2n) is 8.13. The van der Waals surface area contributed by atoms with Crippen molar-refractivity contribution in [1.29, 1.82) is 0 Å². The van der Waals surface area contributed by atoms with Gasteiger partial charge in [0.05, 0.1) is 13.0 Å². The molecule has 0 aliphatic carbocycles. The van der Waals surface area contributed by atoms with Crippen molar-refractivity contribution in [3.63, 3.8) is 0 Å². The van der Waals surface area contributed by atoms with E-state index in [-0.39, 0.29) is 30.7 Å². The Morgan fingerprint density at radius 2 is 1.39 bits per heavy atom. The first-order chi connectivity index (χ1) is 16.1. The van der Waals surface area contributed by atoms with Crippen LogP contribution in [0.25, 0.3) is 0 Å². The number of carbonyl (C=O) groups excluding carboxylic acids is 3. The summed E-state index contributed by atoms with van der Waals surface area (Å²) in [7, 11) is 0. The van der Waals surface area contributed by atoms with Crippen LogP contribution in [-0.2, 0) is 16.1 Å². The second kappa shape index (κ2) is 10.6. The van der Waals surface area contributed by atoms with Crippen molar-refractivity contribution in [1.82, 2.24) is 15.5 Å². The predicted octanol–water partition coefficient (Wildman–Crippen LogP) is 3.84. The molecule has 1 aliphatic rings. The van der Waals surface area contributed by atoms with Gasteiger partial charge in [0, 0.05) is 12.5 Å². The Kier molecular flexibility index (Phi) is 7.15. The standard InChI is InChI=1S/C27H27N3O3/c31-25(18-24-26(32)30(27(33)29-24)19-20-10-4-1-5-11-20)28-17-16-23(21-12-6-2-7-13-21)22-14-8-3-9-15-22/h1-15,23-24H,16-19H2,(H,28,31)(H,29,33). The van der Waals surface area contributed by atoms with Gasteiger partial charge in [-0.25, -0.2) is 4.79 Å². The van der Waals surface area contributed by atoms with Crippen LogP contribution < -0.4 is 10.6 Å². The molecule has 0 aromatic heterocycles. The van der Waals surface area contributed by atoms with Gasteiger partial charge >= 0.3 is 6.03 Å². The topological polar surface area (TPSA) is 78.5 Å². The molecule has 33 heavy (non-hydrogen) atoms. The smallest absolute Gasteiger partial charge is 0.325 e. The lowest BCUT2D eigenvalue weighted by molar-refractivity contribution is -0.131. The molecule has 4 rings (SSSR count). The fraction of sp³-hybridized carbons (Fsp3) is 0.222. The first-order valence-electron chi connectivity index (χ1n) is 11.1. The van der Waals surface area contributed by atoms with Crippen LogP contribution in [0.3, 0.4) is 0 Å². The van der Waals surface area contributed by atoms with Crippen molar-refractivity contribution in [2.24, 2.45) is 0 Å². The van der Waals surface area contributed by atoms with Crippen LogP contribution in [0.5, 0.6) is 0 Å². The van der Waals surface area contributed by atoms with Crippen LogP contribution in [0.15, 0.2) is 91.0 Å². The molecule has 1 atom stereocenters. The molecule has 0 spiro atoms. The zero-order valence-corrected chi connectivity index (χ0v) is 18.3. The van der Waals surface area contributed by atoms with Gasteiger partial charge in [0.15, 0.2) is 0 Å². The summed E-state index contributed by atoms with van der Waals surface area (Å²) in [5.41, 5.74) is 3.24. The number of imide groups is 1. The molecule has 168 valence electrons. The van der Waals surface area contributed by atoms with E-state index in [0.717, 1.165) is 16.9 Å². The van der Waals surface area contributed by atoms with Crippen molar-refractivity contribution in [3.05, 3.63) is 108 Å². The number of amides is 4. The van der Waals surface area contributed by atoms with E-state index < -0.39 is 12.1 Å². The molecule has 4 amide bonds. The van der Waals surface area contributed by atoms with Crippen LogP contribution in [0.1, 0.15) is 35.4 Å². The largest absolute Gasteiger partial charge is 0.356 e. The molecule has 3 aromatic rings. The van der Waals surface area contributed by atoms with Gasteiger partial charge in [-0.05, 0) is 23.1 Å². The summed E-state index contributed by atoms with van der Waals surface area (Å²) >= 11 is 0. The average Bonchev–Trinajstić information content (AvgIpc) is 3.11. The van der Waals surface area contributed by atoms with Gasteiger partial charge in [0.2, 0.25) is 5.91 Å². The lowest BCUT2D eigenvalue weighted by Crippen LogP contribution is -2.37. The lowest BCUT2D eigenvalue weighted by Gasteiger charge is -2.19. The van der Waals surface area contributed by atoms with Crippen LogP contribution >= 0.6 is 0 Å². The van der Waals surface area contributed by atoms with Gasteiger partial charge in [-0.3, -0.25) is 14.5 Å². The number of hydrogen-bond donors (Lipinski definition) is 2. The highest BCUT2D eigenvalue weighted by atomic mass is 16.2. The molecule has 2 N–H and O–H groups in total. The average molecular weight is 442 g/mol. The summed E-state index contributed by atoms with van der Waals surface area (Å²) in [6.07, 6.45) is 0.655. The molecule has 0 bridgehead atoms. The van der Waals surface area contributed by atoms with Crippen molar-refractivity contribution in [2.75, 3.05) is 6.54 Å². The van der Waals surface area contributed by atoms with Gasteiger partial charge in [0.25, 0.3) is 5.91 Å². The number of nitrogens with one attached hydrogen (secondary N) is 2. The molecule has 3 aromatic carbocycles. The van der Waals surface area contributed by atoms with Crippen molar-refractivity contribution < 1.29 is 14.4 Å². The number of carbonyl (C=O) groups is 3. The van der Waals surface area contributed by atoms with Crippen LogP contribution in [0, 0.1) is 0 Å². The van der Waals surface area contributed by atoms with Gasteiger partial charge in [-0.1, -0.05) is 91.0 Å². The third-order valence-corrected chi connectivity index (χ3v) is 5.84. The highest BCUT2D eigenvalue weighted by Gasteiger charge is 2.38. The first kappa shape index (κ1) is 22.3. The Bertz CT molecular complexity index is 1050. The fourth-order valence-electron chi connectivity index (χ4n) is 4.14. The van der Waals surface area contributed by atoms with E-state index in [9.17, 15) is 14.4 Å². The van der Waals surface area contributed by atoms with Crippen LogP contribution in [-0.4, -0.2) is 35.3 Å². The molecule has 6 heteroatoms. The van der Waals surface area contributed by atoms with Crippen LogP contribution in [0.2, 0.25) is 0 Å². The number of urea groups is 1.